The van der Waals surface area contributed by atoms with Gasteiger partial charge in [-0.15, -0.1) is 0 Å². The summed E-state index contributed by atoms with van der Waals surface area (Å²) < 4.78 is 0. The van der Waals surface area contributed by atoms with Crippen LogP contribution in [0.4, 0.5) is 0 Å². The van der Waals surface area contributed by atoms with E-state index in [4.69, 9.17) is 0 Å². The van der Waals surface area contributed by atoms with E-state index in [0.717, 1.165) is 17.9 Å². The Hall–Kier alpha value is -0.850. The molecule has 0 heterocycles. The van der Waals surface area contributed by atoms with Crippen LogP contribution >= 0.6 is 0 Å². The fourth-order valence-electron chi connectivity index (χ4n) is 5.16. The zero-order valence-electron chi connectivity index (χ0n) is 14.6. The van der Waals surface area contributed by atoms with Gasteiger partial charge < -0.3 is 0 Å². The average Bonchev–Trinajstić information content (AvgIpc) is 2.40. The molecule has 118 valence electrons. The minimum absolute atomic E-state index is 0.265. The van der Waals surface area contributed by atoms with E-state index >= 15 is 0 Å². The van der Waals surface area contributed by atoms with Crippen molar-refractivity contribution in [2.45, 2.75) is 73.1 Å². The van der Waals surface area contributed by atoms with E-state index in [1.807, 2.05) is 19.9 Å². The molecule has 2 fully saturated rings. The van der Waals surface area contributed by atoms with E-state index in [-0.39, 0.29) is 5.41 Å². The van der Waals surface area contributed by atoms with Crippen LogP contribution in [0.3, 0.4) is 0 Å². The largest absolute Gasteiger partial charge is 0.295 e. The van der Waals surface area contributed by atoms with Gasteiger partial charge in [-0.25, -0.2) is 0 Å². The maximum absolute atomic E-state index is 12.5. The fraction of sp³-hybridized carbons (Fsp3) is 0.750. The third kappa shape index (κ3) is 2.89. The van der Waals surface area contributed by atoms with Crippen molar-refractivity contribution < 1.29 is 4.79 Å². The molecule has 0 amide bonds. The molecule has 0 unspecified atom stereocenters. The standard InChI is InChI=1S/C20H32O/c1-7-14(2)17(21)13-16-15(3)9-10-18-19(4,5)11-8-12-20(16,18)6/h7,16,18H,3,8-13H2,1-2,4-6H3/b14-7+/t16-,18-,20+/m0/s1. The van der Waals surface area contributed by atoms with Gasteiger partial charge in [0.2, 0.25) is 0 Å². The van der Waals surface area contributed by atoms with Gasteiger partial charge in [0.1, 0.15) is 0 Å². The van der Waals surface area contributed by atoms with Gasteiger partial charge >= 0.3 is 0 Å². The zero-order chi connectivity index (χ0) is 15.8. The van der Waals surface area contributed by atoms with Gasteiger partial charge in [-0.1, -0.05) is 45.4 Å². The Labute approximate surface area is 130 Å². The van der Waals surface area contributed by atoms with Crippen LogP contribution in [0.1, 0.15) is 73.1 Å². The summed E-state index contributed by atoms with van der Waals surface area (Å²) in [5.74, 6) is 1.42. The van der Waals surface area contributed by atoms with E-state index in [1.165, 1.54) is 31.3 Å². The molecular weight excluding hydrogens is 256 g/mol. The second-order valence-corrected chi connectivity index (χ2v) is 8.25. The van der Waals surface area contributed by atoms with Crippen molar-refractivity contribution in [3.05, 3.63) is 23.8 Å². The normalized spacial score (nSPS) is 36.2. The van der Waals surface area contributed by atoms with E-state index in [2.05, 4.69) is 27.4 Å². The summed E-state index contributed by atoms with van der Waals surface area (Å²) in [5.41, 5.74) is 2.90. The summed E-state index contributed by atoms with van der Waals surface area (Å²) in [7, 11) is 0. The number of allylic oxidation sites excluding steroid dienone is 3. The third-order valence-corrected chi connectivity index (χ3v) is 6.58. The Balaban J connectivity index is 2.30. The maximum atomic E-state index is 12.5. The molecular formula is C20H32O. The molecule has 2 aliphatic carbocycles. The van der Waals surface area contributed by atoms with Crippen LogP contribution in [-0.4, -0.2) is 5.78 Å². The van der Waals surface area contributed by atoms with Crippen LogP contribution in [-0.2, 0) is 4.79 Å². The summed E-state index contributed by atoms with van der Waals surface area (Å²) in [5, 5.41) is 0. The quantitative estimate of drug-likeness (QED) is 0.480. The van der Waals surface area contributed by atoms with Gasteiger partial charge in [0.05, 0.1) is 0 Å². The maximum Gasteiger partial charge on any atom is 0.158 e. The first kappa shape index (κ1) is 16.5. The molecule has 21 heavy (non-hydrogen) atoms. The lowest BCUT2D eigenvalue weighted by molar-refractivity contribution is -0.120. The summed E-state index contributed by atoms with van der Waals surface area (Å²) in [6.45, 7) is 15.5. The first-order valence-electron chi connectivity index (χ1n) is 8.56. The Bertz CT molecular complexity index is 468. The van der Waals surface area contributed by atoms with Crippen molar-refractivity contribution in [3.63, 3.8) is 0 Å². The molecule has 2 rings (SSSR count). The Morgan fingerprint density at radius 1 is 1.33 bits per heavy atom. The van der Waals surface area contributed by atoms with Gasteiger partial charge in [0.15, 0.2) is 5.78 Å². The summed E-state index contributed by atoms with van der Waals surface area (Å²) in [6, 6.07) is 0. The third-order valence-electron chi connectivity index (χ3n) is 6.58. The predicted molar refractivity (Wildman–Crippen MR) is 90.1 cm³/mol. The molecule has 2 aliphatic rings. The highest BCUT2D eigenvalue weighted by Crippen LogP contribution is 2.61. The van der Waals surface area contributed by atoms with Crippen LogP contribution in [0.2, 0.25) is 0 Å². The number of ketones is 1. The lowest BCUT2D eigenvalue weighted by Crippen LogP contribution is -2.49. The van der Waals surface area contributed by atoms with Crippen molar-refractivity contribution in [2.75, 3.05) is 0 Å². The first-order chi connectivity index (χ1) is 9.72. The molecule has 3 atom stereocenters. The molecule has 0 spiro atoms. The van der Waals surface area contributed by atoms with Crippen LogP contribution in [0.15, 0.2) is 23.8 Å². The van der Waals surface area contributed by atoms with Crippen LogP contribution in [0, 0.1) is 22.7 Å². The number of carbonyl (C=O) groups excluding carboxylic acids is 1. The van der Waals surface area contributed by atoms with E-state index in [0.29, 0.717) is 23.5 Å². The molecule has 0 aromatic heterocycles. The number of fused-ring (bicyclic) bond motifs is 1. The Morgan fingerprint density at radius 2 is 2.00 bits per heavy atom. The van der Waals surface area contributed by atoms with Crippen molar-refractivity contribution >= 4 is 5.78 Å². The van der Waals surface area contributed by atoms with Gasteiger partial charge in [0, 0.05) is 6.42 Å². The monoisotopic (exact) mass is 288 g/mol. The molecule has 1 nitrogen and oxygen atoms in total. The Morgan fingerprint density at radius 3 is 2.62 bits per heavy atom. The topological polar surface area (TPSA) is 17.1 Å². The zero-order valence-corrected chi connectivity index (χ0v) is 14.6. The summed E-state index contributed by atoms with van der Waals surface area (Å²) >= 11 is 0. The number of hydrogen-bond donors (Lipinski definition) is 0. The number of hydrogen-bond acceptors (Lipinski definition) is 1. The predicted octanol–water partition coefficient (Wildman–Crippen LogP) is 5.71. The highest BCUT2D eigenvalue weighted by Gasteiger charge is 2.53. The average molecular weight is 288 g/mol. The lowest BCUT2D eigenvalue weighted by Gasteiger charge is -2.58. The highest BCUT2D eigenvalue weighted by atomic mass is 16.1. The second kappa shape index (κ2) is 5.74. The number of rotatable bonds is 3. The first-order valence-corrected chi connectivity index (χ1v) is 8.56. The fourth-order valence-corrected chi connectivity index (χ4v) is 5.16. The van der Waals surface area contributed by atoms with Crippen molar-refractivity contribution in [1.29, 1.82) is 0 Å². The molecule has 0 aromatic carbocycles. The Kier molecular flexibility index (Phi) is 4.52. The molecule has 1 heteroatoms. The van der Waals surface area contributed by atoms with Gasteiger partial charge in [-0.05, 0) is 67.8 Å². The molecule has 0 N–H and O–H groups in total. The van der Waals surface area contributed by atoms with Gasteiger partial charge in [-0.2, -0.15) is 0 Å². The van der Waals surface area contributed by atoms with E-state index < -0.39 is 0 Å². The van der Waals surface area contributed by atoms with Crippen molar-refractivity contribution in [3.8, 4) is 0 Å². The smallest absolute Gasteiger partial charge is 0.158 e. The molecule has 2 saturated carbocycles. The highest BCUT2D eigenvalue weighted by molar-refractivity contribution is 5.95. The van der Waals surface area contributed by atoms with Gasteiger partial charge in [-0.3, -0.25) is 4.79 Å². The lowest BCUT2D eigenvalue weighted by atomic mass is 9.47. The van der Waals surface area contributed by atoms with Crippen LogP contribution in [0.5, 0.6) is 0 Å². The second-order valence-electron chi connectivity index (χ2n) is 8.25. The number of carbonyl (C=O) groups is 1. The SMILES string of the molecule is C=C1CC[C@H]2C(C)(C)CCC[C@]2(C)[C@H]1CC(=O)/C(C)=C/C. The molecule has 0 aromatic rings. The van der Waals surface area contributed by atoms with Gasteiger partial charge in [0.25, 0.3) is 0 Å². The van der Waals surface area contributed by atoms with Crippen LogP contribution in [0.25, 0.3) is 0 Å². The minimum atomic E-state index is 0.265. The number of Topliss-reactive ketones (excluding diaryl/α,β-unsaturated/α-hetero) is 1. The molecule has 0 bridgehead atoms. The molecule has 0 saturated heterocycles. The van der Waals surface area contributed by atoms with Crippen molar-refractivity contribution in [1.82, 2.24) is 0 Å². The summed E-state index contributed by atoms with van der Waals surface area (Å²) in [6.07, 6.45) is 8.85. The van der Waals surface area contributed by atoms with E-state index in [1.54, 1.807) is 0 Å². The molecule has 0 aliphatic heterocycles. The van der Waals surface area contributed by atoms with Crippen LogP contribution < -0.4 is 0 Å². The van der Waals surface area contributed by atoms with Crippen molar-refractivity contribution in [2.24, 2.45) is 22.7 Å². The molecule has 0 radical (unpaired) electrons. The minimum Gasteiger partial charge on any atom is -0.295 e. The van der Waals surface area contributed by atoms with E-state index in [9.17, 15) is 4.79 Å². The summed E-state index contributed by atoms with van der Waals surface area (Å²) in [4.78, 5) is 12.5.